The van der Waals surface area contributed by atoms with Crippen LogP contribution in [0.15, 0.2) is 48.5 Å². The lowest BCUT2D eigenvalue weighted by molar-refractivity contribution is -0.157. The average Bonchev–Trinajstić information content (AvgIpc) is 2.84. The first kappa shape index (κ1) is 24.3. The van der Waals surface area contributed by atoms with Gasteiger partial charge >= 0.3 is 5.97 Å². The summed E-state index contributed by atoms with van der Waals surface area (Å²) in [5.74, 6) is 0.711. The van der Waals surface area contributed by atoms with Crippen LogP contribution in [0.1, 0.15) is 83.1 Å². The molecule has 32 heavy (non-hydrogen) atoms. The van der Waals surface area contributed by atoms with E-state index in [1.165, 1.54) is 16.7 Å². The van der Waals surface area contributed by atoms with Gasteiger partial charge in [0, 0.05) is 0 Å². The number of carbonyl (C=O) groups is 1. The first-order valence-electron chi connectivity index (χ1n) is 12.3. The van der Waals surface area contributed by atoms with Gasteiger partial charge in [-0.3, -0.25) is 0 Å². The van der Waals surface area contributed by atoms with Crippen molar-refractivity contribution in [1.82, 2.24) is 0 Å². The summed E-state index contributed by atoms with van der Waals surface area (Å²) in [5, 5.41) is 0. The highest BCUT2D eigenvalue weighted by Gasteiger charge is 2.27. The Bertz CT molecular complexity index is 808. The highest BCUT2D eigenvalue weighted by molar-refractivity contribution is 5.74. The van der Waals surface area contributed by atoms with Crippen LogP contribution in [0.2, 0.25) is 0 Å². The second-order valence-corrected chi connectivity index (χ2v) is 8.87. The Morgan fingerprint density at radius 2 is 1.50 bits per heavy atom. The first-order valence-corrected chi connectivity index (χ1v) is 12.3. The Labute approximate surface area is 192 Å². The van der Waals surface area contributed by atoms with Crippen LogP contribution in [0.25, 0.3) is 11.1 Å². The lowest BCUT2D eigenvalue weighted by atomic mass is 9.82. The topological polar surface area (TPSA) is 35.5 Å². The minimum atomic E-state index is -1.47. The van der Waals surface area contributed by atoms with E-state index >= 15 is 0 Å². The molecule has 0 saturated heterocycles. The molecule has 174 valence electrons. The standard InChI is InChI=1S/C28H37FO3/c1-3-5-7-27(29)28(30)32-26-18-14-24(15-19-26)22-10-8-21(9-11-22)23-12-16-25(17-13-23)31-20-6-4-2/h8-13,16-17,24,26-27H,3-7,14-15,18-20H2,1-2H3/t24?,26?,27-/m0/s1. The predicted octanol–water partition coefficient (Wildman–Crippen LogP) is 7.63. The molecule has 1 aliphatic rings. The SMILES string of the molecule is CCCCOc1ccc(-c2ccc(C3CCC(OC(=O)[C@@H](F)CCCC)CC3)cc2)cc1. The molecule has 3 nitrogen and oxygen atoms in total. The van der Waals surface area contributed by atoms with Gasteiger partial charge in [-0.05, 0) is 73.3 Å². The molecule has 0 unspecified atom stereocenters. The fraction of sp³-hybridized carbons (Fsp3) is 0.536. The molecule has 0 amide bonds. The first-order chi connectivity index (χ1) is 15.6. The molecule has 1 fully saturated rings. The minimum absolute atomic E-state index is 0.143. The highest BCUT2D eigenvalue weighted by Crippen LogP contribution is 2.35. The average molecular weight is 441 g/mol. The molecule has 0 aliphatic heterocycles. The van der Waals surface area contributed by atoms with Crippen LogP contribution in [-0.2, 0) is 9.53 Å². The molecule has 0 N–H and O–H groups in total. The second kappa shape index (κ2) is 12.6. The minimum Gasteiger partial charge on any atom is -0.494 e. The third-order valence-electron chi connectivity index (χ3n) is 6.36. The van der Waals surface area contributed by atoms with E-state index < -0.39 is 12.1 Å². The summed E-state index contributed by atoms with van der Waals surface area (Å²) in [6.07, 6.45) is 6.00. The van der Waals surface area contributed by atoms with E-state index in [2.05, 4.69) is 43.3 Å². The molecule has 0 spiro atoms. The summed E-state index contributed by atoms with van der Waals surface area (Å²) in [6.45, 7) is 4.91. The summed E-state index contributed by atoms with van der Waals surface area (Å²) in [7, 11) is 0. The number of alkyl halides is 1. The molecule has 2 aromatic rings. The van der Waals surface area contributed by atoms with Crippen LogP contribution in [0, 0.1) is 0 Å². The smallest absolute Gasteiger partial charge is 0.340 e. The number of hydrogen-bond acceptors (Lipinski definition) is 3. The molecule has 1 saturated carbocycles. The number of rotatable bonds is 11. The van der Waals surface area contributed by atoms with Crippen molar-refractivity contribution < 1.29 is 18.7 Å². The largest absolute Gasteiger partial charge is 0.494 e. The van der Waals surface area contributed by atoms with Crippen molar-refractivity contribution in [3.63, 3.8) is 0 Å². The number of benzene rings is 2. The molecule has 1 atom stereocenters. The summed E-state index contributed by atoms with van der Waals surface area (Å²) < 4.78 is 25.0. The Kier molecular flexibility index (Phi) is 9.58. The highest BCUT2D eigenvalue weighted by atomic mass is 19.1. The fourth-order valence-corrected chi connectivity index (χ4v) is 4.28. The number of halogens is 1. The van der Waals surface area contributed by atoms with Crippen LogP contribution in [-0.4, -0.2) is 24.9 Å². The molecule has 0 radical (unpaired) electrons. The van der Waals surface area contributed by atoms with E-state index in [9.17, 15) is 9.18 Å². The van der Waals surface area contributed by atoms with Crippen LogP contribution in [0.4, 0.5) is 4.39 Å². The quantitative estimate of drug-likeness (QED) is 0.266. The molecule has 3 rings (SSSR count). The normalized spacial score (nSPS) is 19.3. The Balaban J connectivity index is 1.48. The van der Waals surface area contributed by atoms with Crippen molar-refractivity contribution in [3.05, 3.63) is 54.1 Å². The van der Waals surface area contributed by atoms with Crippen LogP contribution in [0.5, 0.6) is 5.75 Å². The van der Waals surface area contributed by atoms with E-state index in [0.29, 0.717) is 5.92 Å². The second-order valence-electron chi connectivity index (χ2n) is 8.87. The maximum absolute atomic E-state index is 13.9. The molecular formula is C28H37FO3. The molecule has 0 bridgehead atoms. The number of esters is 1. The molecular weight excluding hydrogens is 403 g/mol. The van der Waals surface area contributed by atoms with Crippen molar-refractivity contribution in [2.24, 2.45) is 0 Å². The van der Waals surface area contributed by atoms with Crippen molar-refractivity contribution in [3.8, 4) is 16.9 Å². The van der Waals surface area contributed by atoms with E-state index in [-0.39, 0.29) is 12.5 Å². The van der Waals surface area contributed by atoms with Gasteiger partial charge in [0.2, 0.25) is 0 Å². The van der Waals surface area contributed by atoms with Gasteiger partial charge in [0.1, 0.15) is 11.9 Å². The van der Waals surface area contributed by atoms with E-state index in [4.69, 9.17) is 9.47 Å². The van der Waals surface area contributed by atoms with Gasteiger partial charge < -0.3 is 9.47 Å². The third kappa shape index (κ3) is 7.08. The van der Waals surface area contributed by atoms with Gasteiger partial charge in [0.05, 0.1) is 6.61 Å². The summed E-state index contributed by atoms with van der Waals surface area (Å²) in [4.78, 5) is 11.9. The van der Waals surface area contributed by atoms with Gasteiger partial charge in [-0.2, -0.15) is 0 Å². The summed E-state index contributed by atoms with van der Waals surface area (Å²) in [6, 6.07) is 17.0. The van der Waals surface area contributed by atoms with Gasteiger partial charge in [0.15, 0.2) is 6.17 Å². The Hall–Kier alpha value is -2.36. The molecule has 0 aromatic heterocycles. The zero-order valence-corrected chi connectivity index (χ0v) is 19.5. The number of ether oxygens (including phenoxy) is 2. The third-order valence-corrected chi connectivity index (χ3v) is 6.36. The number of carbonyl (C=O) groups excluding carboxylic acids is 1. The van der Waals surface area contributed by atoms with Crippen LogP contribution < -0.4 is 4.74 Å². The molecule has 2 aromatic carbocycles. The lowest BCUT2D eigenvalue weighted by Gasteiger charge is -2.29. The fourth-order valence-electron chi connectivity index (χ4n) is 4.28. The van der Waals surface area contributed by atoms with E-state index in [1.807, 2.05) is 19.1 Å². The predicted molar refractivity (Wildman–Crippen MR) is 128 cm³/mol. The van der Waals surface area contributed by atoms with Crippen molar-refractivity contribution >= 4 is 5.97 Å². The van der Waals surface area contributed by atoms with Gasteiger partial charge in [0.25, 0.3) is 0 Å². The molecule has 1 aliphatic carbocycles. The van der Waals surface area contributed by atoms with Crippen LogP contribution >= 0.6 is 0 Å². The maximum atomic E-state index is 13.9. The zero-order chi connectivity index (χ0) is 22.8. The van der Waals surface area contributed by atoms with Crippen molar-refractivity contribution in [2.75, 3.05) is 6.61 Å². The van der Waals surface area contributed by atoms with Crippen LogP contribution in [0.3, 0.4) is 0 Å². The number of unbranched alkanes of at least 4 members (excludes halogenated alkanes) is 2. The Morgan fingerprint density at radius 1 is 0.906 bits per heavy atom. The van der Waals surface area contributed by atoms with Gasteiger partial charge in [-0.25, -0.2) is 9.18 Å². The Morgan fingerprint density at radius 3 is 2.09 bits per heavy atom. The van der Waals surface area contributed by atoms with Gasteiger partial charge in [-0.15, -0.1) is 0 Å². The van der Waals surface area contributed by atoms with Gasteiger partial charge in [-0.1, -0.05) is 69.5 Å². The van der Waals surface area contributed by atoms with E-state index in [1.54, 1.807) is 0 Å². The monoisotopic (exact) mass is 440 g/mol. The summed E-state index contributed by atoms with van der Waals surface area (Å²) in [5.41, 5.74) is 3.70. The number of hydrogen-bond donors (Lipinski definition) is 0. The lowest BCUT2D eigenvalue weighted by Crippen LogP contribution is -2.28. The zero-order valence-electron chi connectivity index (χ0n) is 19.5. The molecule has 0 heterocycles. The van der Waals surface area contributed by atoms with Crippen molar-refractivity contribution in [2.45, 2.75) is 89.8 Å². The van der Waals surface area contributed by atoms with Crippen molar-refractivity contribution in [1.29, 1.82) is 0 Å². The van der Waals surface area contributed by atoms with E-state index in [0.717, 1.165) is 63.7 Å². The summed E-state index contributed by atoms with van der Waals surface area (Å²) >= 11 is 0. The molecule has 4 heteroatoms. The maximum Gasteiger partial charge on any atom is 0.340 e.